The van der Waals surface area contributed by atoms with Gasteiger partial charge >= 0.3 is 5.97 Å². The minimum Gasteiger partial charge on any atom is -0.422 e. The Kier molecular flexibility index (Phi) is 6.47. The van der Waals surface area contributed by atoms with Gasteiger partial charge in [-0.25, -0.2) is 9.78 Å². The van der Waals surface area contributed by atoms with Crippen LogP contribution in [0.25, 0.3) is 16.9 Å². The molecule has 3 aromatic carbocycles. The number of fused-ring (bicyclic) bond motifs is 1. The highest BCUT2D eigenvalue weighted by Gasteiger charge is 2.20. The van der Waals surface area contributed by atoms with Crippen molar-refractivity contribution in [3.8, 4) is 17.0 Å². The lowest BCUT2D eigenvalue weighted by Gasteiger charge is -2.12. The molecule has 0 fully saturated rings. The number of hydrogen-bond donors (Lipinski definition) is 1. The number of halogens is 2. The van der Waals surface area contributed by atoms with Crippen LogP contribution in [0.4, 0.5) is 5.82 Å². The summed E-state index contributed by atoms with van der Waals surface area (Å²) in [7, 11) is 0. The molecule has 2 heterocycles. The number of pyridine rings is 1. The summed E-state index contributed by atoms with van der Waals surface area (Å²) in [4.78, 5) is 17.7. The lowest BCUT2D eigenvalue weighted by atomic mass is 10.1. The van der Waals surface area contributed by atoms with Gasteiger partial charge < -0.3 is 10.1 Å². The first-order valence-electron chi connectivity index (χ1n) is 10.6. The van der Waals surface area contributed by atoms with Crippen molar-refractivity contribution in [2.75, 3.05) is 5.32 Å². The molecule has 0 aliphatic rings. The Morgan fingerprint density at radius 3 is 2.35 bits per heavy atom. The molecule has 168 valence electrons. The first-order chi connectivity index (χ1) is 16.6. The highest BCUT2D eigenvalue weighted by molar-refractivity contribution is 9.10. The summed E-state index contributed by atoms with van der Waals surface area (Å²) in [6, 6.07) is 28.6. The zero-order valence-corrected chi connectivity index (χ0v) is 21.1. The maximum Gasteiger partial charge on any atom is 0.343 e. The van der Waals surface area contributed by atoms with Crippen LogP contribution in [0, 0.1) is 0 Å². The Labute approximate surface area is 213 Å². The van der Waals surface area contributed by atoms with Crippen LogP contribution in [0.15, 0.2) is 106 Å². The van der Waals surface area contributed by atoms with Gasteiger partial charge in [-0.3, -0.25) is 4.40 Å². The highest BCUT2D eigenvalue weighted by atomic mass is 79.9. The largest absolute Gasteiger partial charge is 0.422 e. The third kappa shape index (κ3) is 4.76. The van der Waals surface area contributed by atoms with Crippen LogP contribution in [0.5, 0.6) is 5.75 Å². The molecule has 0 saturated carbocycles. The molecule has 34 heavy (non-hydrogen) atoms. The molecule has 0 amide bonds. The molecule has 0 radical (unpaired) electrons. The smallest absolute Gasteiger partial charge is 0.343 e. The number of para-hydroxylation sites is 1. The normalized spacial score (nSPS) is 10.9. The number of nitrogens with zero attached hydrogens (tertiary/aromatic N) is 2. The van der Waals surface area contributed by atoms with Crippen molar-refractivity contribution in [1.29, 1.82) is 0 Å². The van der Waals surface area contributed by atoms with Crippen LogP contribution in [0.2, 0.25) is 0 Å². The zero-order chi connectivity index (χ0) is 23.5. The lowest BCUT2D eigenvalue weighted by Crippen LogP contribution is -2.09. The van der Waals surface area contributed by atoms with E-state index in [1.165, 1.54) is 0 Å². The number of ether oxygens (including phenoxy) is 1. The number of esters is 1. The molecule has 5 rings (SSSR count). The third-order valence-corrected chi connectivity index (χ3v) is 6.31. The Morgan fingerprint density at radius 1 is 0.853 bits per heavy atom. The van der Waals surface area contributed by atoms with E-state index in [4.69, 9.17) is 9.72 Å². The van der Waals surface area contributed by atoms with E-state index >= 15 is 0 Å². The van der Waals surface area contributed by atoms with Crippen molar-refractivity contribution >= 4 is 49.3 Å². The second-order valence-corrected chi connectivity index (χ2v) is 9.45. The summed E-state index contributed by atoms with van der Waals surface area (Å²) in [6.07, 6.45) is 1.97. The maximum atomic E-state index is 12.8. The molecule has 0 spiro atoms. The summed E-state index contributed by atoms with van der Waals surface area (Å²) in [6.45, 7) is 0.620. The van der Waals surface area contributed by atoms with Gasteiger partial charge in [-0.2, -0.15) is 0 Å². The lowest BCUT2D eigenvalue weighted by molar-refractivity contribution is 0.0735. The van der Waals surface area contributed by atoms with Gasteiger partial charge in [-0.05, 0) is 70.0 Å². The number of nitrogens with one attached hydrogen (secondary N) is 1. The Balaban J connectivity index is 1.55. The quantitative estimate of drug-likeness (QED) is 0.169. The van der Waals surface area contributed by atoms with E-state index < -0.39 is 5.97 Å². The van der Waals surface area contributed by atoms with Crippen molar-refractivity contribution in [1.82, 2.24) is 9.38 Å². The number of carbonyl (C=O) groups is 1. The fourth-order valence-electron chi connectivity index (χ4n) is 3.65. The van der Waals surface area contributed by atoms with Crippen LogP contribution in [0.3, 0.4) is 0 Å². The third-order valence-electron chi connectivity index (χ3n) is 5.31. The second kappa shape index (κ2) is 9.83. The monoisotopic (exact) mass is 575 g/mol. The summed E-state index contributed by atoms with van der Waals surface area (Å²) in [5, 5.41) is 3.53. The topological polar surface area (TPSA) is 55.6 Å². The molecule has 1 N–H and O–H groups in total. The number of carbonyl (C=O) groups excluding carboxylic acids is 1. The summed E-state index contributed by atoms with van der Waals surface area (Å²) in [5.74, 6) is 0.832. The molecule has 0 saturated heterocycles. The molecule has 7 heteroatoms. The summed E-state index contributed by atoms with van der Waals surface area (Å²) < 4.78 is 9.65. The van der Waals surface area contributed by atoms with Gasteiger partial charge in [0.2, 0.25) is 0 Å². The van der Waals surface area contributed by atoms with Gasteiger partial charge in [0, 0.05) is 27.3 Å². The van der Waals surface area contributed by atoms with Crippen LogP contribution in [-0.4, -0.2) is 15.4 Å². The Morgan fingerprint density at radius 2 is 1.56 bits per heavy atom. The number of benzene rings is 3. The van der Waals surface area contributed by atoms with Crippen LogP contribution >= 0.6 is 31.9 Å². The number of imidazole rings is 1. The molecule has 5 nitrogen and oxygen atoms in total. The van der Waals surface area contributed by atoms with Crippen LogP contribution in [-0.2, 0) is 6.54 Å². The van der Waals surface area contributed by atoms with Crippen molar-refractivity contribution < 1.29 is 9.53 Å². The molecule has 0 aliphatic carbocycles. The molecule has 0 unspecified atom stereocenters. The van der Waals surface area contributed by atoms with Crippen molar-refractivity contribution in [2.45, 2.75) is 6.54 Å². The van der Waals surface area contributed by atoms with Crippen molar-refractivity contribution in [3.63, 3.8) is 0 Å². The van der Waals surface area contributed by atoms with Gasteiger partial charge in [0.25, 0.3) is 0 Å². The van der Waals surface area contributed by atoms with Gasteiger partial charge in [0.1, 0.15) is 22.9 Å². The number of aromatic nitrogens is 2. The van der Waals surface area contributed by atoms with E-state index in [0.717, 1.165) is 31.5 Å². The van der Waals surface area contributed by atoms with E-state index in [9.17, 15) is 4.79 Å². The number of hydrogen-bond acceptors (Lipinski definition) is 4. The van der Waals surface area contributed by atoms with E-state index in [-0.39, 0.29) is 0 Å². The minimum atomic E-state index is -0.426. The Hall–Kier alpha value is -3.42. The molecular weight excluding hydrogens is 558 g/mol. The predicted molar refractivity (Wildman–Crippen MR) is 141 cm³/mol. The van der Waals surface area contributed by atoms with Crippen LogP contribution in [0.1, 0.15) is 15.9 Å². The summed E-state index contributed by atoms with van der Waals surface area (Å²) >= 11 is 6.95. The zero-order valence-electron chi connectivity index (χ0n) is 17.9. The van der Waals surface area contributed by atoms with Gasteiger partial charge in [0.15, 0.2) is 0 Å². The SMILES string of the molecule is O=C(Oc1ccccc1-c1nc2ccc(Br)cn2c1NCc1ccccc1)c1ccc(Br)cc1. The van der Waals surface area contributed by atoms with E-state index in [1.807, 2.05) is 71.3 Å². The second-order valence-electron chi connectivity index (χ2n) is 7.62. The minimum absolute atomic E-state index is 0.426. The molecule has 0 aliphatic heterocycles. The Bertz CT molecular complexity index is 1470. The van der Waals surface area contributed by atoms with Crippen molar-refractivity contribution in [2.24, 2.45) is 0 Å². The molecular formula is C27H19Br2N3O2. The highest BCUT2D eigenvalue weighted by Crippen LogP contribution is 2.36. The first kappa shape index (κ1) is 22.4. The van der Waals surface area contributed by atoms with E-state index in [1.54, 1.807) is 18.2 Å². The van der Waals surface area contributed by atoms with E-state index in [0.29, 0.717) is 23.6 Å². The fourth-order valence-corrected chi connectivity index (χ4v) is 4.25. The predicted octanol–water partition coefficient (Wildman–Crippen LogP) is 7.36. The maximum absolute atomic E-state index is 12.8. The standard InChI is InChI=1S/C27H19Br2N3O2/c28-20-12-10-19(11-13-20)27(33)34-23-9-5-4-8-22(23)25-26(30-16-18-6-2-1-3-7-18)32-17-21(29)14-15-24(32)31-25/h1-15,17,30H,16H2. The molecule has 0 atom stereocenters. The number of rotatable bonds is 6. The van der Waals surface area contributed by atoms with Crippen LogP contribution < -0.4 is 10.1 Å². The van der Waals surface area contributed by atoms with Gasteiger partial charge in [0.05, 0.1) is 5.56 Å². The summed E-state index contributed by atoms with van der Waals surface area (Å²) in [5.41, 5.74) is 3.83. The average molecular weight is 577 g/mol. The molecule has 2 aromatic heterocycles. The van der Waals surface area contributed by atoms with Gasteiger partial charge in [-0.15, -0.1) is 0 Å². The molecule has 0 bridgehead atoms. The van der Waals surface area contributed by atoms with Gasteiger partial charge in [-0.1, -0.05) is 58.4 Å². The van der Waals surface area contributed by atoms with Crippen molar-refractivity contribution in [3.05, 3.63) is 117 Å². The number of anilines is 1. The first-order valence-corrected chi connectivity index (χ1v) is 12.2. The fraction of sp³-hybridized carbons (Fsp3) is 0.0370. The van der Waals surface area contributed by atoms with E-state index in [2.05, 4.69) is 49.3 Å². The average Bonchev–Trinajstić information content (AvgIpc) is 3.21. The molecule has 5 aromatic rings.